The molecule has 0 bridgehead atoms. The number of hydrogen-bond donors (Lipinski definition) is 1. The summed E-state index contributed by atoms with van der Waals surface area (Å²) in [7, 11) is 0. The lowest BCUT2D eigenvalue weighted by Crippen LogP contribution is -2.34. The summed E-state index contributed by atoms with van der Waals surface area (Å²) < 4.78 is 0. The summed E-state index contributed by atoms with van der Waals surface area (Å²) in [5.41, 5.74) is 5.14. The molecule has 0 amide bonds. The number of ketones is 1. The van der Waals surface area contributed by atoms with Crippen LogP contribution in [0.1, 0.15) is 80.1 Å². The van der Waals surface area contributed by atoms with Crippen LogP contribution < -0.4 is 0 Å². The van der Waals surface area contributed by atoms with Crippen molar-refractivity contribution in [2.24, 2.45) is 0 Å². The van der Waals surface area contributed by atoms with Crippen LogP contribution in [0.25, 0.3) is 6.08 Å². The van der Waals surface area contributed by atoms with Crippen LogP contribution in [0.5, 0.6) is 0 Å². The van der Waals surface area contributed by atoms with E-state index in [9.17, 15) is 9.59 Å². The van der Waals surface area contributed by atoms with Crippen LogP contribution >= 0.6 is 0 Å². The lowest BCUT2D eigenvalue weighted by Gasteiger charge is -2.42. The van der Waals surface area contributed by atoms with Gasteiger partial charge in [0.1, 0.15) is 0 Å². The van der Waals surface area contributed by atoms with E-state index in [4.69, 9.17) is 5.11 Å². The maximum atomic E-state index is 13.0. The first kappa shape index (κ1) is 20.1. The fraction of sp³-hybridized carbons (Fsp3) is 0.360. The summed E-state index contributed by atoms with van der Waals surface area (Å²) in [6, 6.07) is 13.2. The van der Waals surface area contributed by atoms with Crippen molar-refractivity contribution in [1.29, 1.82) is 0 Å². The summed E-state index contributed by atoms with van der Waals surface area (Å²) in [6.07, 6.45) is 3.85. The highest BCUT2D eigenvalue weighted by Gasteiger charge is 2.37. The van der Waals surface area contributed by atoms with Crippen LogP contribution in [0, 0.1) is 0 Å². The van der Waals surface area contributed by atoms with Gasteiger partial charge in [0.2, 0.25) is 0 Å². The smallest absolute Gasteiger partial charge is 0.331 e. The Morgan fingerprint density at radius 1 is 0.857 bits per heavy atom. The Morgan fingerprint density at radius 3 is 1.96 bits per heavy atom. The number of fused-ring (bicyclic) bond motifs is 1. The molecule has 2 aromatic rings. The van der Waals surface area contributed by atoms with Gasteiger partial charge in [-0.25, -0.2) is 4.79 Å². The van der Waals surface area contributed by atoms with Crippen molar-refractivity contribution < 1.29 is 14.7 Å². The van der Waals surface area contributed by atoms with Crippen molar-refractivity contribution in [2.75, 3.05) is 0 Å². The topological polar surface area (TPSA) is 54.4 Å². The third-order valence-corrected chi connectivity index (χ3v) is 6.01. The van der Waals surface area contributed by atoms with Gasteiger partial charge in [0.25, 0.3) is 0 Å². The molecule has 146 valence electrons. The zero-order chi connectivity index (χ0) is 20.7. The second-order valence-corrected chi connectivity index (χ2v) is 9.11. The number of hydrogen-bond acceptors (Lipinski definition) is 2. The molecule has 0 fully saturated rings. The van der Waals surface area contributed by atoms with Gasteiger partial charge in [-0.3, -0.25) is 4.79 Å². The number of aliphatic carboxylic acids is 1. The molecule has 1 aliphatic rings. The van der Waals surface area contributed by atoms with Crippen LogP contribution in [0.4, 0.5) is 0 Å². The largest absolute Gasteiger partial charge is 0.478 e. The molecule has 3 rings (SSSR count). The Labute approximate surface area is 167 Å². The monoisotopic (exact) mass is 376 g/mol. The Kier molecular flexibility index (Phi) is 5.05. The molecule has 0 spiro atoms. The lowest BCUT2D eigenvalue weighted by atomic mass is 9.63. The van der Waals surface area contributed by atoms with Crippen molar-refractivity contribution >= 4 is 17.8 Å². The summed E-state index contributed by atoms with van der Waals surface area (Å²) >= 11 is 0. The molecule has 3 heteroatoms. The highest BCUT2D eigenvalue weighted by molar-refractivity contribution is 6.09. The fourth-order valence-electron chi connectivity index (χ4n) is 3.94. The van der Waals surface area contributed by atoms with E-state index in [2.05, 4.69) is 39.8 Å². The molecule has 0 aromatic heterocycles. The summed E-state index contributed by atoms with van der Waals surface area (Å²) in [5, 5.41) is 8.99. The second-order valence-electron chi connectivity index (χ2n) is 9.11. The highest BCUT2D eigenvalue weighted by Crippen LogP contribution is 2.46. The van der Waals surface area contributed by atoms with Gasteiger partial charge in [-0.15, -0.1) is 0 Å². The van der Waals surface area contributed by atoms with Gasteiger partial charge >= 0.3 is 5.97 Å². The van der Waals surface area contributed by atoms with E-state index >= 15 is 0 Å². The Hall–Kier alpha value is -2.68. The lowest BCUT2D eigenvalue weighted by molar-refractivity contribution is -0.132. The molecule has 3 nitrogen and oxygen atoms in total. The number of benzene rings is 2. The summed E-state index contributed by atoms with van der Waals surface area (Å²) in [4.78, 5) is 24.0. The Bertz CT molecular complexity index is 960. The number of carboxylic acid groups (broad SMARTS) is 1. The van der Waals surface area contributed by atoms with Gasteiger partial charge in [0.05, 0.1) is 0 Å². The third-order valence-electron chi connectivity index (χ3n) is 6.01. The maximum Gasteiger partial charge on any atom is 0.331 e. The predicted octanol–water partition coefficient (Wildman–Crippen LogP) is 5.75. The first-order valence-corrected chi connectivity index (χ1v) is 9.73. The van der Waals surface area contributed by atoms with E-state index in [0.29, 0.717) is 11.1 Å². The molecule has 0 aliphatic heterocycles. The Morgan fingerprint density at radius 2 is 1.39 bits per heavy atom. The molecule has 28 heavy (non-hydrogen) atoms. The van der Waals surface area contributed by atoms with E-state index in [1.165, 1.54) is 11.1 Å². The minimum Gasteiger partial charge on any atom is -0.478 e. The summed E-state index contributed by atoms with van der Waals surface area (Å²) in [6.45, 7) is 10.6. The van der Waals surface area contributed by atoms with Crippen LogP contribution in [-0.4, -0.2) is 16.9 Å². The molecule has 0 atom stereocenters. The van der Waals surface area contributed by atoms with E-state index in [1.807, 2.05) is 6.07 Å². The van der Waals surface area contributed by atoms with Gasteiger partial charge in [-0.2, -0.15) is 0 Å². The molecule has 0 unspecified atom stereocenters. The molecule has 2 aromatic carbocycles. The highest BCUT2D eigenvalue weighted by atomic mass is 16.4. The van der Waals surface area contributed by atoms with Crippen LogP contribution in [-0.2, 0) is 15.6 Å². The third kappa shape index (κ3) is 3.80. The van der Waals surface area contributed by atoms with Crippen molar-refractivity contribution in [3.63, 3.8) is 0 Å². The fourth-order valence-corrected chi connectivity index (χ4v) is 3.94. The van der Waals surface area contributed by atoms with Crippen molar-refractivity contribution in [3.8, 4) is 0 Å². The molecular weight excluding hydrogens is 348 g/mol. The van der Waals surface area contributed by atoms with Gasteiger partial charge in [-0.05, 0) is 59.4 Å². The van der Waals surface area contributed by atoms with E-state index in [1.54, 1.807) is 37.3 Å². The summed E-state index contributed by atoms with van der Waals surface area (Å²) in [5.74, 6) is -0.952. The number of carbonyl (C=O) groups is 2. The van der Waals surface area contributed by atoms with Crippen molar-refractivity contribution in [3.05, 3.63) is 75.9 Å². The molecule has 1 N–H and O–H groups in total. The first-order chi connectivity index (χ1) is 13.0. The van der Waals surface area contributed by atoms with Crippen molar-refractivity contribution in [2.45, 2.75) is 58.3 Å². The number of carboxylic acids is 1. The molecule has 0 radical (unpaired) electrons. The Balaban J connectivity index is 1.94. The first-order valence-electron chi connectivity index (χ1n) is 9.73. The maximum absolute atomic E-state index is 13.0. The van der Waals surface area contributed by atoms with Gasteiger partial charge in [0.15, 0.2) is 5.78 Å². The quantitative estimate of drug-likeness (QED) is 0.546. The zero-order valence-electron chi connectivity index (χ0n) is 17.3. The molecule has 0 saturated heterocycles. The molecule has 0 heterocycles. The SMILES string of the molecule is C/C(=C\c1ccc(C(=O)c2ccc3c(c2)C(C)(C)CCC3(C)C)cc1)C(=O)O. The number of carbonyl (C=O) groups excluding carboxylic acids is 1. The molecule has 0 saturated carbocycles. The normalized spacial score (nSPS) is 17.7. The molecule has 1 aliphatic carbocycles. The molecular formula is C25H28O3. The van der Waals surface area contributed by atoms with Crippen LogP contribution in [0.15, 0.2) is 48.0 Å². The minimum atomic E-state index is -0.945. The van der Waals surface area contributed by atoms with Crippen molar-refractivity contribution in [1.82, 2.24) is 0 Å². The van der Waals surface area contributed by atoms with Gasteiger partial charge in [-0.1, -0.05) is 64.1 Å². The minimum absolute atomic E-state index is 0.00698. The standard InChI is InChI=1S/C25H28O3/c1-16(23(27)28)14-17-6-8-18(9-7-17)22(26)19-10-11-20-21(15-19)25(4,5)13-12-24(20,2)3/h6-11,14-15H,12-13H2,1-5H3,(H,27,28)/b16-14+. The average Bonchev–Trinajstić information content (AvgIpc) is 2.65. The van der Waals surface area contributed by atoms with Gasteiger partial charge in [0, 0.05) is 16.7 Å². The zero-order valence-corrected chi connectivity index (χ0v) is 17.3. The van der Waals surface area contributed by atoms with Crippen LogP contribution in [0.3, 0.4) is 0 Å². The second kappa shape index (κ2) is 7.05. The van der Waals surface area contributed by atoms with E-state index in [-0.39, 0.29) is 22.2 Å². The van der Waals surface area contributed by atoms with E-state index in [0.717, 1.165) is 18.4 Å². The van der Waals surface area contributed by atoms with Gasteiger partial charge < -0.3 is 5.11 Å². The van der Waals surface area contributed by atoms with E-state index < -0.39 is 5.97 Å². The van der Waals surface area contributed by atoms with Crippen LogP contribution in [0.2, 0.25) is 0 Å². The predicted molar refractivity (Wildman–Crippen MR) is 113 cm³/mol. The number of rotatable bonds is 4. The average molecular weight is 376 g/mol.